The molecule has 0 bridgehead atoms. The predicted molar refractivity (Wildman–Crippen MR) is 60.9 cm³/mol. The van der Waals surface area contributed by atoms with Crippen LogP contribution < -0.4 is 5.73 Å². The molecule has 4 nitrogen and oxygen atoms in total. The Morgan fingerprint density at radius 2 is 2.12 bits per heavy atom. The molecule has 0 spiro atoms. The molecule has 0 aromatic heterocycles. The van der Waals surface area contributed by atoms with Crippen molar-refractivity contribution in [2.75, 3.05) is 13.1 Å². The zero-order chi connectivity index (χ0) is 11.5. The van der Waals surface area contributed by atoms with E-state index in [-0.39, 0.29) is 12.0 Å². The van der Waals surface area contributed by atoms with Gasteiger partial charge in [-0.25, -0.2) is 0 Å². The molecule has 1 aliphatic rings. The molecule has 0 radical (unpaired) electrons. The number of rotatable bonds is 2. The van der Waals surface area contributed by atoms with Crippen molar-refractivity contribution in [1.82, 2.24) is 4.90 Å². The van der Waals surface area contributed by atoms with Gasteiger partial charge in [-0.2, -0.15) is 0 Å². The Labute approximate surface area is 94.7 Å². The number of β-amino-alcohol motifs (C(OH)–C–C–N with tert-alkyl or cyclic N) is 1. The fourth-order valence-corrected chi connectivity index (χ4v) is 1.89. The lowest BCUT2D eigenvalue weighted by Gasteiger charge is -2.15. The number of carbonyl (C=O) groups is 1. The molecule has 1 unspecified atom stereocenters. The molecule has 1 saturated heterocycles. The van der Waals surface area contributed by atoms with E-state index in [1.54, 1.807) is 17.0 Å². The summed E-state index contributed by atoms with van der Waals surface area (Å²) in [4.78, 5) is 13.7. The smallest absolute Gasteiger partial charge is 0.253 e. The van der Waals surface area contributed by atoms with Gasteiger partial charge in [-0.05, 0) is 24.1 Å². The molecule has 1 amide bonds. The summed E-state index contributed by atoms with van der Waals surface area (Å²) >= 11 is 0. The zero-order valence-corrected chi connectivity index (χ0v) is 9.10. The highest BCUT2D eigenvalue weighted by molar-refractivity contribution is 5.94. The first-order valence-corrected chi connectivity index (χ1v) is 5.47. The maximum Gasteiger partial charge on any atom is 0.253 e. The van der Waals surface area contributed by atoms with Crippen molar-refractivity contribution in [2.24, 2.45) is 5.73 Å². The monoisotopic (exact) mass is 220 g/mol. The molecular formula is C12H16N2O2. The van der Waals surface area contributed by atoms with Crippen molar-refractivity contribution in [1.29, 1.82) is 0 Å². The number of likely N-dealkylation sites (tertiary alicyclic amines) is 1. The van der Waals surface area contributed by atoms with E-state index in [2.05, 4.69) is 0 Å². The summed E-state index contributed by atoms with van der Waals surface area (Å²) in [5.74, 6) is -0.0138. The van der Waals surface area contributed by atoms with Crippen LogP contribution in [0.25, 0.3) is 0 Å². The van der Waals surface area contributed by atoms with E-state index < -0.39 is 0 Å². The number of nitrogens with two attached hydrogens (primary N) is 1. The van der Waals surface area contributed by atoms with Crippen molar-refractivity contribution < 1.29 is 9.90 Å². The molecule has 1 atom stereocenters. The molecule has 2 rings (SSSR count). The van der Waals surface area contributed by atoms with E-state index in [9.17, 15) is 9.90 Å². The summed E-state index contributed by atoms with van der Waals surface area (Å²) in [5, 5.41) is 9.37. The van der Waals surface area contributed by atoms with E-state index in [0.717, 1.165) is 5.56 Å². The van der Waals surface area contributed by atoms with Gasteiger partial charge >= 0.3 is 0 Å². The Bertz CT molecular complexity index is 375. The number of nitrogens with zero attached hydrogens (tertiary/aromatic N) is 1. The molecule has 4 heteroatoms. The third-order valence-corrected chi connectivity index (χ3v) is 2.89. The number of aliphatic hydroxyl groups is 1. The maximum atomic E-state index is 12.0. The van der Waals surface area contributed by atoms with Gasteiger partial charge in [0.05, 0.1) is 6.10 Å². The fraction of sp³-hybridized carbons (Fsp3) is 0.417. The predicted octanol–water partition coefficient (Wildman–Crippen LogP) is 0.352. The van der Waals surface area contributed by atoms with Crippen LogP contribution in [0.3, 0.4) is 0 Å². The van der Waals surface area contributed by atoms with Gasteiger partial charge in [0.2, 0.25) is 0 Å². The molecule has 1 fully saturated rings. The topological polar surface area (TPSA) is 66.6 Å². The van der Waals surface area contributed by atoms with Crippen molar-refractivity contribution in [3.05, 3.63) is 35.4 Å². The van der Waals surface area contributed by atoms with Crippen LogP contribution in [0.15, 0.2) is 24.3 Å². The Balaban J connectivity index is 2.08. The lowest BCUT2D eigenvalue weighted by Crippen LogP contribution is -2.29. The third-order valence-electron chi connectivity index (χ3n) is 2.89. The van der Waals surface area contributed by atoms with Crippen molar-refractivity contribution in [3.63, 3.8) is 0 Å². The van der Waals surface area contributed by atoms with Gasteiger partial charge in [-0.3, -0.25) is 4.79 Å². The number of hydrogen-bond donors (Lipinski definition) is 2. The van der Waals surface area contributed by atoms with Crippen molar-refractivity contribution >= 4 is 5.91 Å². The molecule has 0 saturated carbocycles. The maximum absolute atomic E-state index is 12.0. The second-order valence-corrected chi connectivity index (χ2v) is 4.09. The van der Waals surface area contributed by atoms with Gasteiger partial charge < -0.3 is 15.7 Å². The minimum atomic E-state index is -0.368. The van der Waals surface area contributed by atoms with Crippen LogP contribution in [-0.2, 0) is 6.54 Å². The summed E-state index contributed by atoms with van der Waals surface area (Å²) < 4.78 is 0. The highest BCUT2D eigenvalue weighted by Gasteiger charge is 2.25. The van der Waals surface area contributed by atoms with Crippen LogP contribution >= 0.6 is 0 Å². The lowest BCUT2D eigenvalue weighted by molar-refractivity contribution is 0.0765. The molecule has 16 heavy (non-hydrogen) atoms. The van der Waals surface area contributed by atoms with Crippen LogP contribution in [0, 0.1) is 0 Å². The quantitative estimate of drug-likeness (QED) is 0.756. The summed E-state index contributed by atoms with van der Waals surface area (Å²) in [5.41, 5.74) is 7.16. The molecular weight excluding hydrogens is 204 g/mol. The Morgan fingerprint density at radius 3 is 2.62 bits per heavy atom. The van der Waals surface area contributed by atoms with Gasteiger partial charge in [0.15, 0.2) is 0 Å². The standard InChI is InChI=1S/C12H16N2O2/c13-7-9-1-3-10(4-2-9)12(16)14-6-5-11(15)8-14/h1-4,11,15H,5-8,13H2. The number of amides is 1. The average Bonchev–Trinajstić information content (AvgIpc) is 2.75. The van der Waals surface area contributed by atoms with Crippen LogP contribution in [0.2, 0.25) is 0 Å². The Kier molecular flexibility index (Phi) is 3.22. The number of benzene rings is 1. The minimum Gasteiger partial charge on any atom is -0.391 e. The fourth-order valence-electron chi connectivity index (χ4n) is 1.89. The molecule has 0 aliphatic carbocycles. The zero-order valence-electron chi connectivity index (χ0n) is 9.10. The van der Waals surface area contributed by atoms with Gasteiger partial charge in [0, 0.05) is 25.2 Å². The van der Waals surface area contributed by atoms with E-state index in [0.29, 0.717) is 31.6 Å². The number of hydrogen-bond acceptors (Lipinski definition) is 3. The van der Waals surface area contributed by atoms with E-state index in [4.69, 9.17) is 5.73 Å². The van der Waals surface area contributed by atoms with Gasteiger partial charge in [-0.15, -0.1) is 0 Å². The van der Waals surface area contributed by atoms with E-state index >= 15 is 0 Å². The molecule has 1 aromatic rings. The lowest BCUT2D eigenvalue weighted by atomic mass is 10.1. The summed E-state index contributed by atoms with van der Waals surface area (Å²) in [6, 6.07) is 7.30. The second kappa shape index (κ2) is 4.63. The van der Waals surface area contributed by atoms with Crippen LogP contribution in [0.1, 0.15) is 22.3 Å². The van der Waals surface area contributed by atoms with Crippen LogP contribution in [-0.4, -0.2) is 35.1 Å². The molecule has 86 valence electrons. The molecule has 3 N–H and O–H groups in total. The van der Waals surface area contributed by atoms with Crippen molar-refractivity contribution in [2.45, 2.75) is 19.1 Å². The van der Waals surface area contributed by atoms with Gasteiger partial charge in [0.1, 0.15) is 0 Å². The second-order valence-electron chi connectivity index (χ2n) is 4.09. The first-order valence-electron chi connectivity index (χ1n) is 5.47. The minimum absolute atomic E-state index is 0.0138. The molecule has 1 heterocycles. The Morgan fingerprint density at radius 1 is 1.44 bits per heavy atom. The molecule has 1 aromatic carbocycles. The third kappa shape index (κ3) is 2.23. The summed E-state index contributed by atoms with van der Waals surface area (Å²) in [7, 11) is 0. The largest absolute Gasteiger partial charge is 0.391 e. The number of aliphatic hydroxyl groups excluding tert-OH is 1. The first kappa shape index (κ1) is 11.1. The highest BCUT2D eigenvalue weighted by Crippen LogP contribution is 2.14. The first-order chi connectivity index (χ1) is 7.70. The van der Waals surface area contributed by atoms with Gasteiger partial charge in [0.25, 0.3) is 5.91 Å². The number of carbonyl (C=O) groups excluding carboxylic acids is 1. The van der Waals surface area contributed by atoms with E-state index in [1.165, 1.54) is 0 Å². The normalized spacial score (nSPS) is 20.1. The SMILES string of the molecule is NCc1ccc(C(=O)N2CCC(O)C2)cc1. The van der Waals surface area contributed by atoms with Crippen LogP contribution in [0.5, 0.6) is 0 Å². The van der Waals surface area contributed by atoms with Gasteiger partial charge in [-0.1, -0.05) is 12.1 Å². The highest BCUT2D eigenvalue weighted by atomic mass is 16.3. The Hall–Kier alpha value is -1.39. The van der Waals surface area contributed by atoms with Crippen LogP contribution in [0.4, 0.5) is 0 Å². The summed E-state index contributed by atoms with van der Waals surface area (Å²) in [6.45, 7) is 1.56. The van der Waals surface area contributed by atoms with E-state index in [1.807, 2.05) is 12.1 Å². The summed E-state index contributed by atoms with van der Waals surface area (Å²) in [6.07, 6.45) is 0.305. The van der Waals surface area contributed by atoms with Crippen molar-refractivity contribution in [3.8, 4) is 0 Å². The molecule has 1 aliphatic heterocycles. The average molecular weight is 220 g/mol.